The average Bonchev–Trinajstić information content (AvgIpc) is 3.03. The summed E-state index contributed by atoms with van der Waals surface area (Å²) in [5, 5.41) is 10.3. The van der Waals surface area contributed by atoms with Crippen LogP contribution in [0.2, 0.25) is 0 Å². The molecule has 0 unspecified atom stereocenters. The van der Waals surface area contributed by atoms with Crippen LogP contribution < -0.4 is 4.87 Å². The number of hydrogen-bond acceptors (Lipinski definition) is 5. The summed E-state index contributed by atoms with van der Waals surface area (Å²) >= 11 is 4.48. The van der Waals surface area contributed by atoms with Crippen molar-refractivity contribution in [3.05, 3.63) is 42.8 Å². The van der Waals surface area contributed by atoms with Gasteiger partial charge < -0.3 is 9.84 Å². The molecule has 1 aromatic heterocycles. The number of methoxy groups -OCH3 is 1. The van der Waals surface area contributed by atoms with E-state index in [0.717, 1.165) is 32.6 Å². The van der Waals surface area contributed by atoms with Crippen LogP contribution in [0.25, 0.3) is 11.6 Å². The number of benzene rings is 1. The maximum Gasteiger partial charge on any atom is 0.310 e. The molecule has 0 atom stereocenters. The van der Waals surface area contributed by atoms with Crippen molar-refractivity contribution in [1.29, 1.82) is 0 Å². The lowest BCUT2D eigenvalue weighted by Gasteiger charge is -2.03. The van der Waals surface area contributed by atoms with Crippen LogP contribution in [0.5, 0.6) is 5.88 Å². The molecule has 0 saturated carbocycles. The molecule has 0 radical (unpaired) electrons. The van der Waals surface area contributed by atoms with Crippen LogP contribution in [0.1, 0.15) is 16.9 Å². The zero-order valence-corrected chi connectivity index (χ0v) is 14.9. The van der Waals surface area contributed by atoms with Gasteiger partial charge >= 0.3 is 4.87 Å². The molecule has 0 spiro atoms. The van der Waals surface area contributed by atoms with E-state index in [1.165, 1.54) is 4.57 Å². The molecule has 1 N–H and O–H groups in total. The summed E-state index contributed by atoms with van der Waals surface area (Å²) in [6.45, 7) is 0.987. The molecular formula is C16H15BrN2O3S. The quantitative estimate of drug-likeness (QED) is 0.786. The van der Waals surface area contributed by atoms with E-state index in [0.29, 0.717) is 24.4 Å². The van der Waals surface area contributed by atoms with Crippen LogP contribution in [0.15, 0.2) is 32.5 Å². The van der Waals surface area contributed by atoms with Gasteiger partial charge in [0.1, 0.15) is 0 Å². The summed E-state index contributed by atoms with van der Waals surface area (Å²) in [7, 11) is 1.61. The van der Waals surface area contributed by atoms with Crippen molar-refractivity contribution in [3.63, 3.8) is 0 Å². The van der Waals surface area contributed by atoms with Gasteiger partial charge in [0.05, 0.1) is 10.6 Å². The molecule has 3 rings (SSSR count). The fourth-order valence-electron chi connectivity index (χ4n) is 2.39. The fourth-order valence-corrected chi connectivity index (χ4v) is 3.61. The van der Waals surface area contributed by atoms with E-state index in [1.54, 1.807) is 19.4 Å². The van der Waals surface area contributed by atoms with E-state index < -0.39 is 0 Å². The molecule has 2 heterocycles. The first-order valence-corrected chi connectivity index (χ1v) is 8.68. The Labute approximate surface area is 145 Å². The van der Waals surface area contributed by atoms with Crippen molar-refractivity contribution in [2.75, 3.05) is 13.7 Å². The minimum absolute atomic E-state index is 0.000417. The third kappa shape index (κ3) is 3.31. The van der Waals surface area contributed by atoms with E-state index in [-0.39, 0.29) is 10.8 Å². The third-order valence-electron chi connectivity index (χ3n) is 3.52. The summed E-state index contributed by atoms with van der Waals surface area (Å²) in [4.78, 5) is 16.8. The number of hydrogen-bond donors (Lipinski definition) is 1. The number of fused-ring (bicyclic) bond motifs is 1. The van der Waals surface area contributed by atoms with Gasteiger partial charge in [-0.15, -0.1) is 0 Å². The predicted octanol–water partition coefficient (Wildman–Crippen LogP) is 3.67. The van der Waals surface area contributed by atoms with Gasteiger partial charge in [-0.1, -0.05) is 27.3 Å². The summed E-state index contributed by atoms with van der Waals surface area (Å²) in [5.74, 6) is 0.000417. The van der Waals surface area contributed by atoms with Crippen molar-refractivity contribution >= 4 is 50.8 Å². The van der Waals surface area contributed by atoms with Gasteiger partial charge in [0.25, 0.3) is 0 Å². The summed E-state index contributed by atoms with van der Waals surface area (Å²) in [5.41, 5.74) is 2.73. The number of halogens is 1. The van der Waals surface area contributed by atoms with E-state index in [1.807, 2.05) is 18.2 Å². The van der Waals surface area contributed by atoms with Crippen LogP contribution in [0.3, 0.4) is 0 Å². The number of aromatic hydroxyl groups is 1. The maximum absolute atomic E-state index is 12.0. The van der Waals surface area contributed by atoms with Gasteiger partial charge in [-0.05, 0) is 30.7 Å². The first-order valence-electron chi connectivity index (χ1n) is 7.07. The molecule has 7 heteroatoms. The average molecular weight is 395 g/mol. The molecule has 120 valence electrons. The lowest BCUT2D eigenvalue weighted by molar-refractivity contribution is 0.189. The number of thiazole rings is 1. The minimum atomic E-state index is -0.171. The molecular weight excluding hydrogens is 380 g/mol. The van der Waals surface area contributed by atoms with E-state index in [4.69, 9.17) is 4.74 Å². The number of allylic oxidation sites excluding steroid dienone is 1. The Balaban J connectivity index is 1.93. The van der Waals surface area contributed by atoms with Crippen LogP contribution >= 0.6 is 27.3 Å². The molecule has 5 nitrogen and oxygen atoms in total. The summed E-state index contributed by atoms with van der Waals surface area (Å²) < 4.78 is 7.32. The third-order valence-corrected chi connectivity index (χ3v) is 4.93. The van der Waals surface area contributed by atoms with Crippen molar-refractivity contribution in [3.8, 4) is 5.88 Å². The highest BCUT2D eigenvalue weighted by Gasteiger charge is 2.16. The Kier molecular flexibility index (Phi) is 4.79. The molecule has 1 aromatic carbocycles. The van der Waals surface area contributed by atoms with Gasteiger partial charge in [-0.3, -0.25) is 14.4 Å². The molecule has 23 heavy (non-hydrogen) atoms. The highest BCUT2D eigenvalue weighted by Crippen LogP contribution is 2.36. The predicted molar refractivity (Wildman–Crippen MR) is 96.9 cm³/mol. The molecule has 0 fully saturated rings. The smallest absolute Gasteiger partial charge is 0.310 e. The fraction of sp³-hybridized carbons (Fsp3) is 0.250. The van der Waals surface area contributed by atoms with Crippen molar-refractivity contribution in [2.45, 2.75) is 13.0 Å². The molecule has 1 aliphatic heterocycles. The molecule has 0 saturated heterocycles. The number of rotatable bonds is 5. The van der Waals surface area contributed by atoms with Gasteiger partial charge in [-0.25, -0.2) is 0 Å². The number of ether oxygens (including phenoxy) is 1. The Morgan fingerprint density at radius 3 is 3.09 bits per heavy atom. The topological polar surface area (TPSA) is 63.8 Å². The van der Waals surface area contributed by atoms with Gasteiger partial charge in [-0.2, -0.15) is 0 Å². The second-order valence-electron chi connectivity index (χ2n) is 5.07. The summed E-state index contributed by atoms with van der Waals surface area (Å²) in [6, 6.07) is 5.83. The zero-order valence-electron chi connectivity index (χ0n) is 12.5. The standard InChI is InChI=1S/C16H15BrN2O3S/c1-22-6-2-5-19-15(20)14(23-16(19)21)7-10-9-18-13-4-3-11(17)8-12(10)13/h3-4,7-9,20H,2,5-6H2,1H3/b10-7+. The largest absolute Gasteiger partial charge is 0.493 e. The van der Waals surface area contributed by atoms with Gasteiger partial charge in [0.15, 0.2) is 0 Å². The van der Waals surface area contributed by atoms with Gasteiger partial charge in [0, 0.05) is 42.1 Å². The molecule has 0 aliphatic carbocycles. The highest BCUT2D eigenvalue weighted by molar-refractivity contribution is 9.10. The number of nitrogens with zero attached hydrogens (tertiary/aromatic N) is 2. The molecule has 0 amide bonds. The highest BCUT2D eigenvalue weighted by atomic mass is 79.9. The van der Waals surface area contributed by atoms with Crippen LogP contribution in [0.4, 0.5) is 5.69 Å². The molecule has 0 bridgehead atoms. The summed E-state index contributed by atoms with van der Waals surface area (Å²) in [6.07, 6.45) is 4.22. The first-order chi connectivity index (χ1) is 11.1. The second kappa shape index (κ2) is 6.82. The Bertz CT molecular complexity index is 851. The molecule has 1 aliphatic rings. The zero-order chi connectivity index (χ0) is 16.4. The number of aliphatic imine (C=N–C) groups is 1. The van der Waals surface area contributed by atoms with E-state index in [2.05, 4.69) is 20.9 Å². The monoisotopic (exact) mass is 394 g/mol. The van der Waals surface area contributed by atoms with Crippen molar-refractivity contribution in [1.82, 2.24) is 4.57 Å². The van der Waals surface area contributed by atoms with Gasteiger partial charge in [0.2, 0.25) is 5.88 Å². The Morgan fingerprint density at radius 1 is 1.48 bits per heavy atom. The first kappa shape index (κ1) is 16.2. The van der Waals surface area contributed by atoms with E-state index in [9.17, 15) is 9.90 Å². The lowest BCUT2D eigenvalue weighted by Crippen LogP contribution is -2.13. The van der Waals surface area contributed by atoms with Crippen LogP contribution in [-0.4, -0.2) is 29.6 Å². The molecule has 2 aromatic rings. The van der Waals surface area contributed by atoms with Crippen LogP contribution in [0, 0.1) is 0 Å². The minimum Gasteiger partial charge on any atom is -0.493 e. The van der Waals surface area contributed by atoms with Crippen LogP contribution in [-0.2, 0) is 11.3 Å². The maximum atomic E-state index is 12.0. The second-order valence-corrected chi connectivity index (χ2v) is 6.98. The Hall–Kier alpha value is -1.70. The lowest BCUT2D eigenvalue weighted by atomic mass is 10.1. The Morgan fingerprint density at radius 2 is 2.30 bits per heavy atom. The normalized spacial score (nSPS) is 14.6. The van der Waals surface area contributed by atoms with Crippen molar-refractivity contribution in [2.24, 2.45) is 4.99 Å². The SMILES string of the molecule is COCCCn1c(O)c(/C=C2\C=Nc3ccc(Br)cc32)sc1=O. The van der Waals surface area contributed by atoms with Crippen molar-refractivity contribution < 1.29 is 9.84 Å². The number of aromatic nitrogens is 1. The van der Waals surface area contributed by atoms with E-state index >= 15 is 0 Å².